The van der Waals surface area contributed by atoms with Crippen molar-refractivity contribution in [1.29, 1.82) is 0 Å². The van der Waals surface area contributed by atoms with Gasteiger partial charge in [-0.3, -0.25) is 4.79 Å². The normalized spacial score (nSPS) is 16.3. The molecule has 3 N–H and O–H groups in total. The number of carbonyl (C=O) groups is 1. The summed E-state index contributed by atoms with van der Waals surface area (Å²) in [5.74, 6) is 0.628. The van der Waals surface area contributed by atoms with Crippen molar-refractivity contribution in [2.75, 3.05) is 12.3 Å². The van der Waals surface area contributed by atoms with Gasteiger partial charge in [0.05, 0.1) is 6.04 Å². The number of nitrogen functional groups attached to an aromatic ring is 1. The van der Waals surface area contributed by atoms with Crippen LogP contribution >= 0.6 is 0 Å². The molecule has 0 aromatic heterocycles. The van der Waals surface area contributed by atoms with Gasteiger partial charge in [-0.2, -0.15) is 0 Å². The number of aryl methyl sites for hydroxylation is 2. The van der Waals surface area contributed by atoms with E-state index in [4.69, 9.17) is 10.5 Å². The molecule has 0 radical (unpaired) electrons. The molecule has 0 aliphatic heterocycles. The fourth-order valence-corrected chi connectivity index (χ4v) is 3.19. The van der Waals surface area contributed by atoms with E-state index in [1.54, 1.807) is 0 Å². The maximum Gasteiger partial charge on any atom is 0.258 e. The van der Waals surface area contributed by atoms with Crippen molar-refractivity contribution in [2.24, 2.45) is 0 Å². The first-order valence-corrected chi connectivity index (χ1v) is 8.55. The summed E-state index contributed by atoms with van der Waals surface area (Å²) in [5.41, 5.74) is 10.3. The highest BCUT2D eigenvalue weighted by molar-refractivity contribution is 5.78. The topological polar surface area (TPSA) is 64.3 Å². The Morgan fingerprint density at radius 2 is 2.04 bits per heavy atom. The van der Waals surface area contributed by atoms with Crippen LogP contribution in [-0.4, -0.2) is 12.5 Å². The van der Waals surface area contributed by atoms with E-state index in [1.165, 1.54) is 16.7 Å². The van der Waals surface area contributed by atoms with Crippen LogP contribution in [-0.2, 0) is 17.6 Å². The zero-order valence-electron chi connectivity index (χ0n) is 14.0. The summed E-state index contributed by atoms with van der Waals surface area (Å²) in [6.07, 6.45) is 4.02. The highest BCUT2D eigenvalue weighted by Crippen LogP contribution is 2.30. The summed E-state index contributed by atoms with van der Waals surface area (Å²) in [6, 6.07) is 13.8. The number of ether oxygens (including phenoxy) is 1. The van der Waals surface area contributed by atoms with E-state index in [1.807, 2.05) is 42.5 Å². The Kier molecular flexibility index (Phi) is 5.04. The number of carbonyl (C=O) groups excluding carboxylic acids is 1. The van der Waals surface area contributed by atoms with Crippen molar-refractivity contribution >= 4 is 11.6 Å². The summed E-state index contributed by atoms with van der Waals surface area (Å²) >= 11 is 0. The maximum atomic E-state index is 12.2. The van der Waals surface area contributed by atoms with Gasteiger partial charge in [-0.1, -0.05) is 25.1 Å². The lowest BCUT2D eigenvalue weighted by atomic mass is 9.87. The van der Waals surface area contributed by atoms with E-state index in [0.717, 1.165) is 37.1 Å². The van der Waals surface area contributed by atoms with Crippen molar-refractivity contribution in [3.05, 3.63) is 59.2 Å². The lowest BCUT2D eigenvalue weighted by Crippen LogP contribution is -2.34. The third-order valence-electron chi connectivity index (χ3n) is 4.52. The third kappa shape index (κ3) is 3.88. The molecule has 0 saturated heterocycles. The van der Waals surface area contributed by atoms with Crippen LogP contribution in [0.4, 0.5) is 5.69 Å². The highest BCUT2D eigenvalue weighted by Gasteiger charge is 2.21. The number of benzene rings is 2. The molecule has 1 aliphatic rings. The molecule has 1 aliphatic carbocycles. The van der Waals surface area contributed by atoms with E-state index in [9.17, 15) is 4.79 Å². The molecule has 0 fully saturated rings. The lowest BCUT2D eigenvalue weighted by Gasteiger charge is -2.26. The maximum absolute atomic E-state index is 12.2. The van der Waals surface area contributed by atoms with E-state index in [0.29, 0.717) is 0 Å². The van der Waals surface area contributed by atoms with Crippen molar-refractivity contribution in [3.8, 4) is 5.75 Å². The molecular weight excluding hydrogens is 300 g/mol. The number of nitrogens with one attached hydrogen (secondary N) is 1. The number of fused-ring (bicyclic) bond motifs is 1. The fourth-order valence-electron chi connectivity index (χ4n) is 3.19. The van der Waals surface area contributed by atoms with Gasteiger partial charge in [-0.05, 0) is 66.6 Å². The van der Waals surface area contributed by atoms with Gasteiger partial charge >= 0.3 is 0 Å². The second kappa shape index (κ2) is 7.39. The van der Waals surface area contributed by atoms with Crippen LogP contribution in [0.2, 0.25) is 0 Å². The second-order valence-corrected chi connectivity index (χ2v) is 6.26. The summed E-state index contributed by atoms with van der Waals surface area (Å²) < 4.78 is 5.58. The van der Waals surface area contributed by atoms with Crippen molar-refractivity contribution in [3.63, 3.8) is 0 Å². The molecule has 2 aromatic carbocycles. The second-order valence-electron chi connectivity index (χ2n) is 6.26. The molecule has 1 unspecified atom stereocenters. The Bertz CT molecular complexity index is 710. The first-order valence-electron chi connectivity index (χ1n) is 8.55. The average molecular weight is 324 g/mol. The van der Waals surface area contributed by atoms with Crippen LogP contribution in [0.1, 0.15) is 42.5 Å². The minimum Gasteiger partial charge on any atom is -0.484 e. The number of rotatable bonds is 5. The Morgan fingerprint density at radius 1 is 1.25 bits per heavy atom. The molecule has 1 amide bonds. The average Bonchev–Trinajstić information content (AvgIpc) is 2.60. The summed E-state index contributed by atoms with van der Waals surface area (Å²) in [7, 11) is 0. The van der Waals surface area contributed by atoms with Crippen LogP contribution in [0.25, 0.3) is 0 Å². The van der Waals surface area contributed by atoms with E-state index >= 15 is 0 Å². The van der Waals surface area contributed by atoms with Gasteiger partial charge in [0.15, 0.2) is 6.61 Å². The van der Waals surface area contributed by atoms with Crippen LogP contribution in [0.5, 0.6) is 5.75 Å². The van der Waals surface area contributed by atoms with E-state index in [2.05, 4.69) is 12.2 Å². The largest absolute Gasteiger partial charge is 0.484 e. The van der Waals surface area contributed by atoms with Crippen molar-refractivity contribution in [2.45, 2.75) is 38.6 Å². The lowest BCUT2D eigenvalue weighted by molar-refractivity contribution is -0.123. The van der Waals surface area contributed by atoms with E-state index < -0.39 is 0 Å². The van der Waals surface area contributed by atoms with Gasteiger partial charge in [-0.25, -0.2) is 0 Å². The smallest absolute Gasteiger partial charge is 0.258 e. The first kappa shape index (κ1) is 16.4. The predicted molar refractivity (Wildman–Crippen MR) is 96.0 cm³/mol. The molecule has 0 bridgehead atoms. The third-order valence-corrected chi connectivity index (χ3v) is 4.52. The highest BCUT2D eigenvalue weighted by atomic mass is 16.5. The number of amides is 1. The molecule has 4 heteroatoms. The number of hydrogen-bond donors (Lipinski definition) is 2. The van der Waals surface area contributed by atoms with Gasteiger partial charge in [0.1, 0.15) is 5.75 Å². The summed E-state index contributed by atoms with van der Waals surface area (Å²) in [6.45, 7) is 2.14. The molecule has 0 saturated carbocycles. The van der Waals surface area contributed by atoms with Crippen LogP contribution in [0.15, 0.2) is 42.5 Å². The molecule has 1 atom stereocenters. The van der Waals surface area contributed by atoms with Gasteiger partial charge in [0.25, 0.3) is 5.91 Å². The molecule has 3 rings (SSSR count). The quantitative estimate of drug-likeness (QED) is 0.829. The standard InChI is InChI=1S/C20H24N2O2/c1-2-14-6-9-17(10-7-14)24-13-20(23)22-19-5-3-4-15-12-16(21)8-11-18(15)19/h6-12,19H,2-5,13,21H2,1H3,(H,22,23). The van der Waals surface area contributed by atoms with Gasteiger partial charge in [0.2, 0.25) is 0 Å². The Morgan fingerprint density at radius 3 is 2.79 bits per heavy atom. The molecule has 2 aromatic rings. The Hall–Kier alpha value is -2.49. The van der Waals surface area contributed by atoms with Crippen LogP contribution in [0, 0.1) is 0 Å². The Balaban J connectivity index is 1.57. The zero-order valence-corrected chi connectivity index (χ0v) is 14.0. The van der Waals surface area contributed by atoms with Gasteiger partial charge < -0.3 is 15.8 Å². The number of hydrogen-bond acceptors (Lipinski definition) is 3. The SMILES string of the molecule is CCc1ccc(OCC(=O)NC2CCCc3cc(N)ccc32)cc1. The van der Waals surface area contributed by atoms with Crippen molar-refractivity contribution in [1.82, 2.24) is 5.32 Å². The molecule has 4 nitrogen and oxygen atoms in total. The molecule has 24 heavy (non-hydrogen) atoms. The van der Waals surface area contributed by atoms with Crippen molar-refractivity contribution < 1.29 is 9.53 Å². The fraction of sp³-hybridized carbons (Fsp3) is 0.350. The molecule has 0 spiro atoms. The zero-order chi connectivity index (χ0) is 16.9. The van der Waals surface area contributed by atoms with Gasteiger partial charge in [-0.15, -0.1) is 0 Å². The minimum atomic E-state index is -0.0933. The number of anilines is 1. The predicted octanol–water partition coefficient (Wildman–Crippen LogP) is 3.40. The molecular formula is C20H24N2O2. The molecule has 126 valence electrons. The monoisotopic (exact) mass is 324 g/mol. The Labute approximate surface area is 143 Å². The molecule has 0 heterocycles. The minimum absolute atomic E-state index is 0.0340. The summed E-state index contributed by atoms with van der Waals surface area (Å²) in [4.78, 5) is 12.2. The number of nitrogens with two attached hydrogens (primary N) is 1. The van der Waals surface area contributed by atoms with Gasteiger partial charge in [0, 0.05) is 5.69 Å². The summed E-state index contributed by atoms with van der Waals surface area (Å²) in [5, 5.41) is 3.08. The van der Waals surface area contributed by atoms with Crippen LogP contribution < -0.4 is 15.8 Å². The van der Waals surface area contributed by atoms with Crippen LogP contribution in [0.3, 0.4) is 0 Å². The van der Waals surface area contributed by atoms with E-state index in [-0.39, 0.29) is 18.6 Å². The first-order chi connectivity index (χ1) is 11.7.